The average Bonchev–Trinajstić information content (AvgIpc) is 2.80. The minimum Gasteiger partial charge on any atom is -0.298 e. The Bertz CT molecular complexity index is 803. The molecule has 0 saturated heterocycles. The van der Waals surface area contributed by atoms with Gasteiger partial charge >= 0.3 is 0 Å². The van der Waals surface area contributed by atoms with Crippen LogP contribution in [0.1, 0.15) is 10.4 Å². The molecule has 3 aromatic rings. The van der Waals surface area contributed by atoms with Gasteiger partial charge in [0.1, 0.15) is 0 Å². The van der Waals surface area contributed by atoms with Crippen molar-refractivity contribution in [2.75, 3.05) is 5.32 Å². The number of thiazole rings is 1. The summed E-state index contributed by atoms with van der Waals surface area (Å²) in [7, 11) is 0. The van der Waals surface area contributed by atoms with Gasteiger partial charge in [0.2, 0.25) is 0 Å². The number of amides is 1. The van der Waals surface area contributed by atoms with Crippen LogP contribution in [0, 0.1) is 0 Å². The molecule has 0 unspecified atom stereocenters. The Morgan fingerprint density at radius 3 is 2.90 bits per heavy atom. The van der Waals surface area contributed by atoms with Crippen LogP contribution in [0.25, 0.3) is 10.2 Å². The van der Waals surface area contributed by atoms with E-state index >= 15 is 0 Å². The Morgan fingerprint density at radius 2 is 2.10 bits per heavy atom. The number of nitrogens with zero attached hydrogens (tertiary/aromatic N) is 2. The van der Waals surface area contributed by atoms with Crippen LogP contribution in [0.4, 0.5) is 5.13 Å². The van der Waals surface area contributed by atoms with Gasteiger partial charge in [-0.2, -0.15) is 0 Å². The van der Waals surface area contributed by atoms with Crippen LogP contribution in [-0.4, -0.2) is 15.9 Å². The molecule has 0 aliphatic heterocycles. The highest BCUT2D eigenvalue weighted by molar-refractivity contribution is 7.22. The second-order valence-corrected chi connectivity index (χ2v) is 5.81. The summed E-state index contributed by atoms with van der Waals surface area (Å²) in [6, 6.07) is 6.93. The van der Waals surface area contributed by atoms with E-state index < -0.39 is 0 Å². The minimum atomic E-state index is -0.340. The lowest BCUT2D eigenvalue weighted by molar-refractivity contribution is 0.102. The number of aromatic nitrogens is 2. The van der Waals surface area contributed by atoms with E-state index in [2.05, 4.69) is 15.3 Å². The first-order valence-electron chi connectivity index (χ1n) is 5.60. The quantitative estimate of drug-likeness (QED) is 0.767. The molecular weight excluding hydrogens is 317 g/mol. The normalized spacial score (nSPS) is 10.7. The first-order chi connectivity index (χ1) is 9.63. The molecule has 0 spiro atoms. The van der Waals surface area contributed by atoms with Crippen molar-refractivity contribution in [1.29, 1.82) is 0 Å². The van der Waals surface area contributed by atoms with E-state index in [1.54, 1.807) is 24.3 Å². The second kappa shape index (κ2) is 5.36. The van der Waals surface area contributed by atoms with Crippen LogP contribution >= 0.6 is 34.5 Å². The smallest absolute Gasteiger partial charge is 0.260 e. The molecule has 0 bridgehead atoms. The molecule has 0 saturated carbocycles. The van der Waals surface area contributed by atoms with Gasteiger partial charge in [0.05, 0.1) is 20.8 Å². The Balaban J connectivity index is 1.89. The topological polar surface area (TPSA) is 54.9 Å². The predicted molar refractivity (Wildman–Crippen MR) is 81.8 cm³/mol. The number of halogens is 2. The highest BCUT2D eigenvalue weighted by Crippen LogP contribution is 2.28. The lowest BCUT2D eigenvalue weighted by Crippen LogP contribution is -2.12. The zero-order valence-corrected chi connectivity index (χ0v) is 12.3. The van der Waals surface area contributed by atoms with Gasteiger partial charge in [-0.3, -0.25) is 15.1 Å². The van der Waals surface area contributed by atoms with Gasteiger partial charge in [0, 0.05) is 17.4 Å². The molecule has 2 aromatic heterocycles. The molecule has 7 heteroatoms. The Hall–Kier alpha value is -1.69. The predicted octanol–water partition coefficient (Wildman–Crippen LogP) is 4.25. The van der Waals surface area contributed by atoms with E-state index in [4.69, 9.17) is 23.2 Å². The third kappa shape index (κ3) is 2.60. The van der Waals surface area contributed by atoms with E-state index in [1.165, 1.54) is 23.7 Å². The molecule has 1 aromatic carbocycles. The monoisotopic (exact) mass is 323 g/mol. The number of hydrogen-bond acceptors (Lipinski definition) is 4. The number of benzene rings is 1. The fourth-order valence-electron chi connectivity index (χ4n) is 1.66. The SMILES string of the molecule is O=C(Nc1nc2ccc(Cl)cc2s1)c1cnccc1Cl. The minimum absolute atomic E-state index is 0.312. The third-order valence-electron chi connectivity index (χ3n) is 2.58. The van der Waals surface area contributed by atoms with Crippen LogP contribution < -0.4 is 5.32 Å². The van der Waals surface area contributed by atoms with Gasteiger partial charge in [-0.15, -0.1) is 0 Å². The van der Waals surface area contributed by atoms with Crippen molar-refractivity contribution in [3.63, 3.8) is 0 Å². The van der Waals surface area contributed by atoms with Crippen molar-refractivity contribution in [1.82, 2.24) is 9.97 Å². The van der Waals surface area contributed by atoms with Gasteiger partial charge in [0.25, 0.3) is 5.91 Å². The molecule has 100 valence electrons. The number of hydrogen-bond donors (Lipinski definition) is 1. The van der Waals surface area contributed by atoms with Crippen LogP contribution in [0.5, 0.6) is 0 Å². The van der Waals surface area contributed by atoms with Gasteiger partial charge in [0.15, 0.2) is 5.13 Å². The van der Waals surface area contributed by atoms with E-state index in [1.807, 2.05) is 0 Å². The molecule has 0 aliphatic rings. The zero-order chi connectivity index (χ0) is 14.1. The molecule has 1 amide bonds. The first-order valence-corrected chi connectivity index (χ1v) is 7.18. The highest BCUT2D eigenvalue weighted by Gasteiger charge is 2.13. The Kier molecular flexibility index (Phi) is 3.56. The standard InChI is InChI=1S/C13H7Cl2N3OS/c14-7-1-2-10-11(5-7)20-13(17-10)18-12(19)8-6-16-4-3-9(8)15/h1-6H,(H,17,18,19). The van der Waals surface area contributed by atoms with Crippen molar-refractivity contribution in [2.45, 2.75) is 0 Å². The van der Waals surface area contributed by atoms with Crippen molar-refractivity contribution in [3.8, 4) is 0 Å². The zero-order valence-electron chi connectivity index (χ0n) is 9.93. The summed E-state index contributed by atoms with van der Waals surface area (Å²) in [4.78, 5) is 20.3. The maximum Gasteiger partial charge on any atom is 0.260 e. The maximum atomic E-state index is 12.1. The van der Waals surface area contributed by atoms with E-state index in [0.29, 0.717) is 20.7 Å². The summed E-state index contributed by atoms with van der Waals surface area (Å²) >= 11 is 13.2. The fourth-order valence-corrected chi connectivity index (χ4v) is 2.99. The number of fused-ring (bicyclic) bond motifs is 1. The van der Waals surface area contributed by atoms with Crippen molar-refractivity contribution >= 4 is 55.8 Å². The molecule has 0 atom stereocenters. The summed E-state index contributed by atoms with van der Waals surface area (Å²) in [5.74, 6) is -0.340. The van der Waals surface area contributed by atoms with Crippen LogP contribution in [0.15, 0.2) is 36.7 Å². The molecular formula is C13H7Cl2N3OS. The maximum absolute atomic E-state index is 12.1. The lowest BCUT2D eigenvalue weighted by Gasteiger charge is -2.02. The molecule has 0 fully saturated rings. The number of anilines is 1. The molecule has 1 N–H and O–H groups in total. The fraction of sp³-hybridized carbons (Fsp3) is 0. The third-order valence-corrected chi connectivity index (χ3v) is 4.08. The van der Waals surface area contributed by atoms with Crippen molar-refractivity contribution in [2.24, 2.45) is 0 Å². The van der Waals surface area contributed by atoms with Gasteiger partial charge in [-0.25, -0.2) is 4.98 Å². The summed E-state index contributed by atoms with van der Waals surface area (Å²) in [6.07, 6.45) is 2.95. The molecule has 4 nitrogen and oxygen atoms in total. The summed E-state index contributed by atoms with van der Waals surface area (Å²) in [5, 5.41) is 4.18. The number of nitrogens with one attached hydrogen (secondary N) is 1. The van der Waals surface area contributed by atoms with Gasteiger partial charge in [-0.1, -0.05) is 34.5 Å². The van der Waals surface area contributed by atoms with Crippen LogP contribution in [0.2, 0.25) is 10.0 Å². The summed E-state index contributed by atoms with van der Waals surface area (Å²) in [5.41, 5.74) is 1.10. The van der Waals surface area contributed by atoms with Crippen molar-refractivity contribution in [3.05, 3.63) is 52.3 Å². The van der Waals surface area contributed by atoms with Gasteiger partial charge in [-0.05, 0) is 24.3 Å². The molecule has 0 aliphatic carbocycles. The molecule has 0 radical (unpaired) electrons. The summed E-state index contributed by atoms with van der Waals surface area (Å²) in [6.45, 7) is 0. The van der Waals surface area contributed by atoms with E-state index in [0.717, 1.165) is 10.2 Å². The number of carbonyl (C=O) groups is 1. The molecule has 20 heavy (non-hydrogen) atoms. The largest absolute Gasteiger partial charge is 0.298 e. The second-order valence-electron chi connectivity index (χ2n) is 3.94. The van der Waals surface area contributed by atoms with Crippen molar-refractivity contribution < 1.29 is 4.79 Å². The summed E-state index contributed by atoms with van der Waals surface area (Å²) < 4.78 is 0.907. The highest BCUT2D eigenvalue weighted by atomic mass is 35.5. The lowest BCUT2D eigenvalue weighted by atomic mass is 10.3. The number of rotatable bonds is 2. The van der Waals surface area contributed by atoms with Crippen LogP contribution in [0.3, 0.4) is 0 Å². The molecule has 3 rings (SSSR count). The van der Waals surface area contributed by atoms with Gasteiger partial charge < -0.3 is 0 Å². The Morgan fingerprint density at radius 1 is 1.25 bits per heavy atom. The average molecular weight is 324 g/mol. The first kappa shape index (κ1) is 13.3. The number of carbonyl (C=O) groups excluding carboxylic acids is 1. The van der Waals surface area contributed by atoms with E-state index in [9.17, 15) is 4.79 Å². The van der Waals surface area contributed by atoms with E-state index in [-0.39, 0.29) is 5.91 Å². The number of pyridine rings is 1. The Labute approximate surface area is 128 Å². The van der Waals surface area contributed by atoms with Crippen LogP contribution in [-0.2, 0) is 0 Å². The molecule has 2 heterocycles.